The molecule has 2 aromatic carbocycles. The van der Waals surface area contributed by atoms with Crippen LogP contribution in [0.2, 0.25) is 5.02 Å². The molecule has 5 heteroatoms. The lowest BCUT2D eigenvalue weighted by molar-refractivity contribution is 0.434. The van der Waals surface area contributed by atoms with E-state index in [4.69, 9.17) is 21.9 Å². The number of furan rings is 1. The van der Waals surface area contributed by atoms with Gasteiger partial charge in [0, 0.05) is 9.86 Å². The molecule has 0 saturated carbocycles. The minimum atomic E-state index is -0.102. The number of halogens is 2. The maximum atomic E-state index is 6.15. The van der Waals surface area contributed by atoms with Gasteiger partial charge in [0.05, 0.1) is 11.1 Å². The fourth-order valence-electron chi connectivity index (χ4n) is 2.32. The molecule has 21 heavy (non-hydrogen) atoms. The van der Waals surface area contributed by atoms with Crippen molar-refractivity contribution < 1.29 is 4.42 Å². The van der Waals surface area contributed by atoms with Crippen LogP contribution in [0.3, 0.4) is 0 Å². The molecule has 1 atom stereocenters. The van der Waals surface area contributed by atoms with Gasteiger partial charge in [-0.15, -0.1) is 0 Å². The first-order valence-electron chi connectivity index (χ1n) is 6.56. The molecule has 108 valence electrons. The molecule has 3 rings (SSSR count). The highest BCUT2D eigenvalue weighted by Crippen LogP contribution is 2.30. The minimum absolute atomic E-state index is 0.102. The number of hydrogen-bond donors (Lipinski definition) is 2. The summed E-state index contributed by atoms with van der Waals surface area (Å²) in [4.78, 5) is 0. The first-order valence-corrected chi connectivity index (χ1v) is 7.73. The smallest absolute Gasteiger partial charge is 0.152 e. The standard InChI is InChI=1S/C16H14BrClN2O/c17-12-6-4-10(5-7-12)8-14(20-19)15-9-11-2-1-3-13(18)16(11)21-15/h1-7,9,14,20H,8,19H2. The van der Waals surface area contributed by atoms with Crippen LogP contribution in [0.4, 0.5) is 0 Å². The summed E-state index contributed by atoms with van der Waals surface area (Å²) in [6.45, 7) is 0. The van der Waals surface area contributed by atoms with Crippen molar-refractivity contribution in [3.63, 3.8) is 0 Å². The Labute approximate surface area is 136 Å². The van der Waals surface area contributed by atoms with Crippen molar-refractivity contribution in [2.45, 2.75) is 12.5 Å². The van der Waals surface area contributed by atoms with Gasteiger partial charge in [0.2, 0.25) is 0 Å². The van der Waals surface area contributed by atoms with Crippen LogP contribution in [-0.2, 0) is 6.42 Å². The summed E-state index contributed by atoms with van der Waals surface area (Å²) in [5, 5.41) is 1.59. The summed E-state index contributed by atoms with van der Waals surface area (Å²) in [7, 11) is 0. The lowest BCUT2D eigenvalue weighted by Crippen LogP contribution is -2.29. The molecule has 0 spiro atoms. The Bertz CT molecular complexity index is 755. The van der Waals surface area contributed by atoms with Crippen LogP contribution in [0.1, 0.15) is 17.4 Å². The summed E-state index contributed by atoms with van der Waals surface area (Å²) in [5.41, 5.74) is 4.69. The van der Waals surface area contributed by atoms with Gasteiger partial charge in [-0.3, -0.25) is 5.84 Å². The van der Waals surface area contributed by atoms with Crippen LogP contribution < -0.4 is 11.3 Å². The van der Waals surface area contributed by atoms with E-state index in [0.717, 1.165) is 22.0 Å². The predicted octanol–water partition coefficient (Wildman–Crippen LogP) is 4.60. The number of nitrogens with two attached hydrogens (primary N) is 1. The van der Waals surface area contributed by atoms with E-state index in [1.54, 1.807) is 0 Å². The first-order chi connectivity index (χ1) is 10.2. The van der Waals surface area contributed by atoms with E-state index in [9.17, 15) is 0 Å². The van der Waals surface area contributed by atoms with E-state index in [1.807, 2.05) is 36.4 Å². The number of rotatable bonds is 4. The second kappa shape index (κ2) is 6.20. The van der Waals surface area contributed by atoms with Crippen molar-refractivity contribution in [3.8, 4) is 0 Å². The highest BCUT2D eigenvalue weighted by molar-refractivity contribution is 9.10. The third-order valence-electron chi connectivity index (χ3n) is 3.41. The summed E-state index contributed by atoms with van der Waals surface area (Å²) in [6, 6.07) is 15.7. The Kier molecular flexibility index (Phi) is 4.31. The fraction of sp³-hybridized carbons (Fsp3) is 0.125. The minimum Gasteiger partial charge on any atom is -0.458 e. The van der Waals surface area contributed by atoms with Gasteiger partial charge in [-0.1, -0.05) is 51.8 Å². The van der Waals surface area contributed by atoms with Crippen molar-refractivity contribution in [2.24, 2.45) is 5.84 Å². The van der Waals surface area contributed by atoms with Gasteiger partial charge in [-0.2, -0.15) is 0 Å². The quantitative estimate of drug-likeness (QED) is 0.525. The Hall–Kier alpha value is -1.33. The molecular formula is C16H14BrClN2O. The van der Waals surface area contributed by atoms with Gasteiger partial charge < -0.3 is 4.42 Å². The lowest BCUT2D eigenvalue weighted by Gasteiger charge is -2.13. The molecule has 3 nitrogen and oxygen atoms in total. The second-order valence-electron chi connectivity index (χ2n) is 4.86. The van der Waals surface area contributed by atoms with Crippen molar-refractivity contribution in [3.05, 3.63) is 69.3 Å². The molecule has 0 bridgehead atoms. The third kappa shape index (κ3) is 3.14. The zero-order valence-corrected chi connectivity index (χ0v) is 13.5. The van der Waals surface area contributed by atoms with E-state index in [0.29, 0.717) is 10.6 Å². The van der Waals surface area contributed by atoms with Crippen LogP contribution >= 0.6 is 27.5 Å². The largest absolute Gasteiger partial charge is 0.458 e. The summed E-state index contributed by atoms with van der Waals surface area (Å²) >= 11 is 9.58. The van der Waals surface area contributed by atoms with E-state index in [-0.39, 0.29) is 6.04 Å². The molecule has 3 N–H and O–H groups in total. The van der Waals surface area contributed by atoms with Gasteiger partial charge >= 0.3 is 0 Å². The van der Waals surface area contributed by atoms with Crippen molar-refractivity contribution in [1.29, 1.82) is 0 Å². The van der Waals surface area contributed by atoms with E-state index < -0.39 is 0 Å². The molecule has 0 radical (unpaired) electrons. The van der Waals surface area contributed by atoms with Crippen LogP contribution in [0.15, 0.2) is 57.4 Å². The molecular weight excluding hydrogens is 352 g/mol. The highest BCUT2D eigenvalue weighted by atomic mass is 79.9. The highest BCUT2D eigenvalue weighted by Gasteiger charge is 2.16. The summed E-state index contributed by atoms with van der Waals surface area (Å²) in [6.07, 6.45) is 0.737. The number of hydrazine groups is 1. The fourth-order valence-corrected chi connectivity index (χ4v) is 2.80. The van der Waals surface area contributed by atoms with Gasteiger partial charge in [0.15, 0.2) is 5.58 Å². The SMILES string of the molecule is NNC(Cc1ccc(Br)cc1)c1cc2cccc(Cl)c2o1. The van der Waals surface area contributed by atoms with Gasteiger partial charge in [-0.25, -0.2) is 5.43 Å². The number of para-hydroxylation sites is 1. The lowest BCUT2D eigenvalue weighted by atomic mass is 10.0. The molecule has 0 aliphatic carbocycles. The van der Waals surface area contributed by atoms with Crippen LogP contribution in [0.25, 0.3) is 11.0 Å². The Morgan fingerprint density at radius 1 is 1.19 bits per heavy atom. The van der Waals surface area contributed by atoms with E-state index >= 15 is 0 Å². The van der Waals surface area contributed by atoms with Gasteiger partial charge in [-0.05, 0) is 36.2 Å². The van der Waals surface area contributed by atoms with Gasteiger partial charge in [0.25, 0.3) is 0 Å². The van der Waals surface area contributed by atoms with Crippen molar-refractivity contribution in [2.75, 3.05) is 0 Å². The molecule has 0 amide bonds. The average molecular weight is 366 g/mol. The summed E-state index contributed by atoms with van der Waals surface area (Å²) < 4.78 is 6.92. The predicted molar refractivity (Wildman–Crippen MR) is 89.1 cm³/mol. The monoisotopic (exact) mass is 364 g/mol. The number of nitrogens with one attached hydrogen (secondary N) is 1. The molecule has 0 aliphatic heterocycles. The number of hydrogen-bond acceptors (Lipinski definition) is 3. The number of benzene rings is 2. The molecule has 3 aromatic rings. The normalized spacial score (nSPS) is 12.7. The first kappa shape index (κ1) is 14.6. The molecule has 0 aliphatic rings. The Morgan fingerprint density at radius 2 is 1.95 bits per heavy atom. The average Bonchev–Trinajstić information content (AvgIpc) is 2.92. The van der Waals surface area contributed by atoms with Crippen molar-refractivity contribution >= 4 is 38.5 Å². The van der Waals surface area contributed by atoms with E-state index in [1.165, 1.54) is 5.56 Å². The third-order valence-corrected chi connectivity index (χ3v) is 4.24. The zero-order valence-electron chi connectivity index (χ0n) is 11.1. The van der Waals surface area contributed by atoms with Crippen LogP contribution in [0.5, 0.6) is 0 Å². The molecule has 0 fully saturated rings. The molecule has 1 unspecified atom stereocenters. The van der Waals surface area contributed by atoms with Crippen LogP contribution in [-0.4, -0.2) is 0 Å². The maximum absolute atomic E-state index is 6.15. The zero-order chi connectivity index (χ0) is 14.8. The Morgan fingerprint density at radius 3 is 2.62 bits per heavy atom. The van der Waals surface area contributed by atoms with Crippen LogP contribution in [0, 0.1) is 0 Å². The molecule has 1 aromatic heterocycles. The van der Waals surface area contributed by atoms with Crippen molar-refractivity contribution in [1.82, 2.24) is 5.43 Å². The molecule has 0 saturated heterocycles. The maximum Gasteiger partial charge on any atom is 0.152 e. The summed E-state index contributed by atoms with van der Waals surface area (Å²) in [5.74, 6) is 6.47. The second-order valence-corrected chi connectivity index (χ2v) is 6.18. The van der Waals surface area contributed by atoms with Gasteiger partial charge in [0.1, 0.15) is 5.76 Å². The van der Waals surface area contributed by atoms with E-state index in [2.05, 4.69) is 33.5 Å². The molecule has 1 heterocycles. The number of fused-ring (bicyclic) bond motifs is 1. The Balaban J connectivity index is 1.90. The topological polar surface area (TPSA) is 51.2 Å².